The highest BCUT2D eigenvalue weighted by Gasteiger charge is 2.43. The molecule has 1 amide bonds. The van der Waals surface area contributed by atoms with Crippen molar-refractivity contribution in [3.63, 3.8) is 0 Å². The summed E-state index contributed by atoms with van der Waals surface area (Å²) in [6.07, 6.45) is 8.96. The Hall–Kier alpha value is -2.41. The molecule has 1 aliphatic carbocycles. The zero-order valence-corrected chi connectivity index (χ0v) is 22.4. The van der Waals surface area contributed by atoms with Crippen molar-refractivity contribution in [1.29, 1.82) is 0 Å². The van der Waals surface area contributed by atoms with Gasteiger partial charge in [-0.1, -0.05) is 37.9 Å². The van der Waals surface area contributed by atoms with Crippen molar-refractivity contribution in [1.82, 2.24) is 14.9 Å². The van der Waals surface area contributed by atoms with Gasteiger partial charge >= 0.3 is 0 Å². The zero-order chi connectivity index (χ0) is 25.7. The molecule has 1 aliphatic heterocycles. The number of anilines is 1. The smallest absolute Gasteiger partial charge is 0.226 e. The number of carbonyl (C=O) groups excluding carboxylic acids is 1. The molecule has 8 heteroatoms. The Bertz CT molecular complexity index is 1010. The number of amides is 1. The van der Waals surface area contributed by atoms with Gasteiger partial charge in [-0.05, 0) is 61.0 Å². The van der Waals surface area contributed by atoms with Crippen LogP contribution in [0.25, 0.3) is 0 Å². The van der Waals surface area contributed by atoms with Crippen LogP contribution in [0.3, 0.4) is 0 Å². The highest BCUT2D eigenvalue weighted by atomic mass is 35.5. The number of piperidine rings is 1. The number of hydrogen-bond donors (Lipinski definition) is 0. The van der Waals surface area contributed by atoms with E-state index in [2.05, 4.69) is 28.7 Å². The van der Waals surface area contributed by atoms with E-state index in [9.17, 15) is 9.18 Å². The third kappa shape index (κ3) is 7.09. The van der Waals surface area contributed by atoms with Crippen molar-refractivity contribution >= 4 is 23.5 Å². The summed E-state index contributed by atoms with van der Waals surface area (Å²) >= 11 is 5.89. The summed E-state index contributed by atoms with van der Waals surface area (Å²) in [6.45, 7) is 7.46. The van der Waals surface area contributed by atoms with Crippen LogP contribution in [0.5, 0.6) is 5.75 Å². The molecule has 36 heavy (non-hydrogen) atoms. The van der Waals surface area contributed by atoms with Crippen LogP contribution in [0.15, 0.2) is 30.6 Å². The highest BCUT2D eigenvalue weighted by Crippen LogP contribution is 2.49. The van der Waals surface area contributed by atoms with E-state index in [4.69, 9.17) is 16.3 Å². The Balaban J connectivity index is 1.16. The molecular weight excluding hydrogens is 479 g/mol. The lowest BCUT2D eigenvalue weighted by atomic mass is 9.90. The zero-order valence-electron chi connectivity index (χ0n) is 21.6. The first-order valence-corrected chi connectivity index (χ1v) is 13.6. The summed E-state index contributed by atoms with van der Waals surface area (Å²) in [4.78, 5) is 25.0. The molecule has 1 saturated carbocycles. The minimum Gasteiger partial charge on any atom is -0.493 e. The molecule has 196 valence electrons. The van der Waals surface area contributed by atoms with Gasteiger partial charge in [0, 0.05) is 32.7 Å². The van der Waals surface area contributed by atoms with Gasteiger partial charge in [0.25, 0.3) is 0 Å². The topological polar surface area (TPSA) is 58.6 Å². The van der Waals surface area contributed by atoms with E-state index in [-0.39, 0.29) is 18.1 Å². The van der Waals surface area contributed by atoms with Crippen molar-refractivity contribution in [2.75, 3.05) is 38.2 Å². The molecule has 0 N–H and O–H groups in total. The molecule has 2 aromatic rings. The average Bonchev–Trinajstić information content (AvgIpc) is 3.65. The van der Waals surface area contributed by atoms with Crippen molar-refractivity contribution < 1.29 is 13.9 Å². The standard InChI is InChI=1S/C28H38ClFN4O2/c1-4-19(2)18-33(3)27(35)14-22-5-6-24(15-26(22)30)36-12-9-21-13-25(21)20-7-10-34(11-8-20)28-31-16-23(29)17-32-28/h5-6,15-17,19-21,25H,4,7-14,18H2,1-3H3/t19?,21-,25-/m1/s1. The van der Waals surface area contributed by atoms with E-state index in [0.29, 0.717) is 41.3 Å². The number of nitrogens with zero attached hydrogens (tertiary/aromatic N) is 4. The molecule has 2 heterocycles. The highest BCUT2D eigenvalue weighted by molar-refractivity contribution is 6.30. The van der Waals surface area contributed by atoms with Crippen LogP contribution in [0, 0.1) is 29.5 Å². The molecule has 2 aliphatic rings. The minimum absolute atomic E-state index is 0.0610. The molecule has 1 aromatic carbocycles. The molecule has 1 unspecified atom stereocenters. The van der Waals surface area contributed by atoms with E-state index < -0.39 is 0 Å². The lowest BCUT2D eigenvalue weighted by Crippen LogP contribution is -2.35. The molecular formula is C28H38ClFN4O2. The molecule has 3 atom stereocenters. The Morgan fingerprint density at radius 2 is 2.00 bits per heavy atom. The summed E-state index contributed by atoms with van der Waals surface area (Å²) in [6, 6.07) is 4.87. The fraction of sp³-hybridized carbons (Fsp3) is 0.607. The first kappa shape index (κ1) is 26.6. The minimum atomic E-state index is -0.376. The van der Waals surface area contributed by atoms with Crippen LogP contribution in [-0.2, 0) is 11.2 Å². The summed E-state index contributed by atoms with van der Waals surface area (Å²) < 4.78 is 20.5. The lowest BCUT2D eigenvalue weighted by molar-refractivity contribution is -0.129. The van der Waals surface area contributed by atoms with Gasteiger partial charge < -0.3 is 14.5 Å². The van der Waals surface area contributed by atoms with Crippen LogP contribution < -0.4 is 9.64 Å². The number of benzene rings is 1. The van der Waals surface area contributed by atoms with Gasteiger partial charge in [0.05, 0.1) is 30.4 Å². The number of carbonyl (C=O) groups is 1. The molecule has 6 nitrogen and oxygen atoms in total. The largest absolute Gasteiger partial charge is 0.493 e. The third-order valence-electron chi connectivity index (χ3n) is 7.84. The van der Waals surface area contributed by atoms with E-state index in [1.807, 2.05) is 0 Å². The normalized spacial score (nSPS) is 20.8. The fourth-order valence-corrected chi connectivity index (χ4v) is 5.36. The maximum Gasteiger partial charge on any atom is 0.226 e. The Morgan fingerprint density at radius 1 is 1.28 bits per heavy atom. The fourth-order valence-electron chi connectivity index (χ4n) is 5.26. The number of rotatable bonds is 11. The summed E-state index contributed by atoms with van der Waals surface area (Å²) in [5.41, 5.74) is 0.418. The second kappa shape index (κ2) is 12.2. The Kier molecular flexibility index (Phi) is 9.04. The lowest BCUT2D eigenvalue weighted by Gasteiger charge is -2.32. The number of ether oxygens (including phenoxy) is 1. The molecule has 0 spiro atoms. The van der Waals surface area contributed by atoms with Crippen LogP contribution in [-0.4, -0.2) is 54.1 Å². The first-order chi connectivity index (χ1) is 17.3. The maximum atomic E-state index is 14.6. The van der Waals surface area contributed by atoms with Crippen LogP contribution >= 0.6 is 11.6 Å². The number of halogens is 2. The van der Waals surface area contributed by atoms with Gasteiger partial charge in [-0.25, -0.2) is 14.4 Å². The molecule has 4 rings (SSSR count). The van der Waals surface area contributed by atoms with Crippen molar-refractivity contribution in [2.24, 2.45) is 23.7 Å². The second-order valence-electron chi connectivity index (χ2n) is 10.5. The summed E-state index contributed by atoms with van der Waals surface area (Å²) in [5, 5.41) is 0.561. The predicted molar refractivity (Wildman–Crippen MR) is 141 cm³/mol. The van der Waals surface area contributed by atoms with E-state index in [1.165, 1.54) is 12.5 Å². The number of aromatic nitrogens is 2. The summed E-state index contributed by atoms with van der Waals surface area (Å²) in [7, 11) is 1.78. The van der Waals surface area contributed by atoms with E-state index in [1.54, 1.807) is 36.5 Å². The van der Waals surface area contributed by atoms with Gasteiger partial charge in [-0.3, -0.25) is 4.79 Å². The third-order valence-corrected chi connectivity index (χ3v) is 8.04. The molecule has 0 radical (unpaired) electrons. The van der Waals surface area contributed by atoms with Gasteiger partial charge in [0.1, 0.15) is 11.6 Å². The quantitative estimate of drug-likeness (QED) is 0.387. The molecule has 2 fully saturated rings. The van der Waals surface area contributed by atoms with Crippen molar-refractivity contribution in [3.05, 3.63) is 47.0 Å². The second-order valence-corrected chi connectivity index (χ2v) is 11.0. The number of hydrogen-bond acceptors (Lipinski definition) is 5. The molecule has 1 aromatic heterocycles. The van der Waals surface area contributed by atoms with Gasteiger partial charge in [-0.15, -0.1) is 0 Å². The van der Waals surface area contributed by atoms with Crippen LogP contribution in [0.2, 0.25) is 5.02 Å². The summed E-state index contributed by atoms with van der Waals surface area (Å²) in [5.74, 6) is 3.49. The number of likely N-dealkylation sites (N-methyl/N-ethyl adjacent to an activating group) is 1. The van der Waals surface area contributed by atoms with Crippen LogP contribution in [0.4, 0.5) is 10.3 Å². The van der Waals surface area contributed by atoms with Crippen LogP contribution in [0.1, 0.15) is 51.5 Å². The Morgan fingerprint density at radius 3 is 2.67 bits per heavy atom. The van der Waals surface area contributed by atoms with E-state index in [0.717, 1.165) is 56.6 Å². The SMILES string of the molecule is CCC(C)CN(C)C(=O)Cc1ccc(OCC[C@@H]2C[C@@H]2C2CCN(c3ncc(Cl)cn3)CC2)cc1F. The predicted octanol–water partition coefficient (Wildman–Crippen LogP) is 5.64. The first-order valence-electron chi connectivity index (χ1n) is 13.2. The molecule has 0 bridgehead atoms. The Labute approximate surface area is 219 Å². The van der Waals surface area contributed by atoms with Crippen molar-refractivity contribution in [2.45, 2.75) is 52.4 Å². The monoisotopic (exact) mass is 516 g/mol. The molecule has 1 saturated heterocycles. The van der Waals surface area contributed by atoms with Gasteiger partial charge in [0.2, 0.25) is 11.9 Å². The average molecular weight is 517 g/mol. The van der Waals surface area contributed by atoms with Crippen molar-refractivity contribution in [3.8, 4) is 5.75 Å². The van der Waals surface area contributed by atoms with Gasteiger partial charge in [-0.2, -0.15) is 0 Å². The van der Waals surface area contributed by atoms with E-state index >= 15 is 0 Å². The maximum absolute atomic E-state index is 14.6. The van der Waals surface area contributed by atoms with Gasteiger partial charge in [0.15, 0.2) is 0 Å².